The first-order valence-electron chi connectivity index (χ1n) is 20.2. The summed E-state index contributed by atoms with van der Waals surface area (Å²) in [5, 5.41) is 0. The van der Waals surface area contributed by atoms with Crippen molar-refractivity contribution in [1.82, 2.24) is 15.0 Å². The Labute approximate surface area is 339 Å². The van der Waals surface area contributed by atoms with E-state index in [1.807, 2.05) is 36.4 Å². The minimum Gasteiger partial charge on any atom is -0.310 e. The number of aryl methyl sites for hydroxylation is 2. The van der Waals surface area contributed by atoms with Gasteiger partial charge in [0.2, 0.25) is 0 Å². The summed E-state index contributed by atoms with van der Waals surface area (Å²) in [6.07, 6.45) is 6.82. The van der Waals surface area contributed by atoms with Gasteiger partial charge in [0.1, 0.15) is 0 Å². The van der Waals surface area contributed by atoms with Gasteiger partial charge in [0, 0.05) is 33.8 Å². The lowest BCUT2D eigenvalue weighted by atomic mass is 9.68. The van der Waals surface area contributed by atoms with Gasteiger partial charge in [-0.05, 0) is 114 Å². The summed E-state index contributed by atoms with van der Waals surface area (Å²) >= 11 is 0. The predicted molar refractivity (Wildman–Crippen MR) is 237 cm³/mol. The van der Waals surface area contributed by atoms with E-state index in [0.29, 0.717) is 17.5 Å². The SMILES string of the molecule is Cc1ccc(N(c2ccc(C)cc2)c2ccc3c(c2)C2(C4=C3CCC=C4)c3ccccc3-c3ccc(-c4nc(-c5ccccc5)nc(-c5ccccc5)n4)cc32)cc1. The van der Waals surface area contributed by atoms with Gasteiger partial charge in [-0.1, -0.05) is 151 Å². The molecule has 0 radical (unpaired) electrons. The van der Waals surface area contributed by atoms with Crippen molar-refractivity contribution < 1.29 is 0 Å². The summed E-state index contributed by atoms with van der Waals surface area (Å²) < 4.78 is 0. The van der Waals surface area contributed by atoms with E-state index in [9.17, 15) is 0 Å². The molecule has 3 aliphatic rings. The lowest BCUT2D eigenvalue weighted by Crippen LogP contribution is -2.27. The number of fused-ring (bicyclic) bond motifs is 9. The zero-order valence-corrected chi connectivity index (χ0v) is 32.5. The number of allylic oxidation sites excluding steroid dienone is 4. The van der Waals surface area contributed by atoms with Crippen LogP contribution in [0.5, 0.6) is 0 Å². The van der Waals surface area contributed by atoms with Crippen LogP contribution >= 0.6 is 0 Å². The van der Waals surface area contributed by atoms with Crippen LogP contribution in [0.25, 0.3) is 50.9 Å². The fourth-order valence-electron chi connectivity index (χ4n) is 9.46. The van der Waals surface area contributed by atoms with Gasteiger partial charge in [-0.3, -0.25) is 0 Å². The molecule has 1 atom stereocenters. The maximum atomic E-state index is 5.18. The molecule has 7 aromatic carbocycles. The second-order valence-electron chi connectivity index (χ2n) is 15.7. The molecule has 1 spiro atoms. The van der Waals surface area contributed by atoms with E-state index >= 15 is 0 Å². The van der Waals surface area contributed by atoms with Gasteiger partial charge in [0.25, 0.3) is 0 Å². The van der Waals surface area contributed by atoms with Gasteiger partial charge in [-0.15, -0.1) is 0 Å². The number of benzene rings is 7. The highest BCUT2D eigenvalue weighted by Crippen LogP contribution is 2.64. The Hall–Kier alpha value is -7.17. The monoisotopic (exact) mass is 744 g/mol. The molecule has 11 rings (SSSR count). The molecular weight excluding hydrogens is 705 g/mol. The molecule has 1 heterocycles. The van der Waals surface area contributed by atoms with Crippen molar-refractivity contribution in [3.05, 3.63) is 221 Å². The van der Waals surface area contributed by atoms with Crippen molar-refractivity contribution >= 4 is 22.6 Å². The van der Waals surface area contributed by atoms with Crippen LogP contribution < -0.4 is 4.90 Å². The van der Waals surface area contributed by atoms with Crippen LogP contribution in [0.3, 0.4) is 0 Å². The lowest BCUT2D eigenvalue weighted by Gasteiger charge is -2.33. The summed E-state index contributed by atoms with van der Waals surface area (Å²) in [5.41, 5.74) is 18.8. The van der Waals surface area contributed by atoms with Crippen molar-refractivity contribution in [2.45, 2.75) is 32.1 Å². The first-order chi connectivity index (χ1) is 28.6. The second kappa shape index (κ2) is 13.5. The standard InChI is InChI=1S/C54H40N4/c1-35-21-26-40(27-22-35)58(41-28-23-36(2)24-29-41)42-30-32-46-44-18-10-12-20-48(44)54(50(46)34-42)47-19-11-9-17-43(47)45-31-25-39(33-49(45)54)53-56-51(37-13-5-3-6-14-37)55-52(57-53)38-15-7-4-8-16-38/h3-9,11-17,19-34H,10,18H2,1-2H3. The Balaban J connectivity index is 1.16. The molecule has 0 aliphatic heterocycles. The summed E-state index contributed by atoms with van der Waals surface area (Å²) in [5.74, 6) is 1.98. The van der Waals surface area contributed by atoms with Crippen LogP contribution in [0.15, 0.2) is 188 Å². The summed E-state index contributed by atoms with van der Waals surface area (Å²) in [4.78, 5) is 17.8. The van der Waals surface area contributed by atoms with Crippen LogP contribution in [0.4, 0.5) is 17.1 Å². The molecule has 0 N–H and O–H groups in total. The summed E-state index contributed by atoms with van der Waals surface area (Å²) in [7, 11) is 0. The topological polar surface area (TPSA) is 41.9 Å². The van der Waals surface area contributed by atoms with Crippen molar-refractivity contribution in [2.24, 2.45) is 0 Å². The van der Waals surface area contributed by atoms with Crippen molar-refractivity contribution in [2.75, 3.05) is 4.90 Å². The molecule has 0 saturated carbocycles. The first-order valence-corrected chi connectivity index (χ1v) is 20.2. The van der Waals surface area contributed by atoms with E-state index in [1.165, 1.54) is 55.7 Å². The van der Waals surface area contributed by atoms with Crippen LogP contribution in [0.1, 0.15) is 46.2 Å². The number of anilines is 3. The molecule has 0 bridgehead atoms. The largest absolute Gasteiger partial charge is 0.310 e. The predicted octanol–water partition coefficient (Wildman–Crippen LogP) is 13.4. The fourth-order valence-corrected chi connectivity index (χ4v) is 9.46. The number of aromatic nitrogens is 3. The first kappa shape index (κ1) is 34.1. The van der Waals surface area contributed by atoms with Crippen LogP contribution in [-0.2, 0) is 5.41 Å². The highest BCUT2D eigenvalue weighted by molar-refractivity contribution is 5.98. The molecule has 3 aliphatic carbocycles. The molecule has 58 heavy (non-hydrogen) atoms. The maximum Gasteiger partial charge on any atom is 0.164 e. The molecule has 0 fully saturated rings. The Morgan fingerprint density at radius 1 is 0.448 bits per heavy atom. The zero-order chi connectivity index (χ0) is 38.8. The molecule has 4 heteroatoms. The van der Waals surface area contributed by atoms with E-state index in [0.717, 1.165) is 46.6 Å². The number of rotatable bonds is 6. The number of hydrogen-bond acceptors (Lipinski definition) is 4. The van der Waals surface area contributed by atoms with Crippen LogP contribution in [0, 0.1) is 13.8 Å². The highest BCUT2D eigenvalue weighted by atomic mass is 15.1. The van der Waals surface area contributed by atoms with Crippen molar-refractivity contribution in [3.63, 3.8) is 0 Å². The highest BCUT2D eigenvalue weighted by Gasteiger charge is 2.52. The third-order valence-electron chi connectivity index (χ3n) is 12.2. The van der Waals surface area contributed by atoms with Crippen molar-refractivity contribution in [1.29, 1.82) is 0 Å². The molecular formula is C54H40N4. The van der Waals surface area contributed by atoms with E-state index < -0.39 is 5.41 Å². The van der Waals surface area contributed by atoms with Gasteiger partial charge in [0.15, 0.2) is 17.5 Å². The number of nitrogens with zero attached hydrogens (tertiary/aromatic N) is 4. The van der Waals surface area contributed by atoms with Gasteiger partial charge in [-0.2, -0.15) is 0 Å². The summed E-state index contributed by atoms with van der Waals surface area (Å²) in [6.45, 7) is 4.29. The van der Waals surface area contributed by atoms with Gasteiger partial charge < -0.3 is 4.90 Å². The molecule has 276 valence electrons. The third kappa shape index (κ3) is 5.33. The Bertz CT molecular complexity index is 2840. The van der Waals surface area contributed by atoms with E-state index in [2.05, 4.69) is 164 Å². The smallest absolute Gasteiger partial charge is 0.164 e. The Morgan fingerprint density at radius 2 is 0.966 bits per heavy atom. The second-order valence-corrected chi connectivity index (χ2v) is 15.7. The molecule has 8 aromatic rings. The van der Waals surface area contributed by atoms with E-state index in [-0.39, 0.29) is 0 Å². The van der Waals surface area contributed by atoms with E-state index in [4.69, 9.17) is 15.0 Å². The minimum absolute atomic E-state index is 0.524. The van der Waals surface area contributed by atoms with Gasteiger partial charge in [0.05, 0.1) is 5.41 Å². The summed E-state index contributed by atoms with van der Waals surface area (Å²) in [6, 6.07) is 61.3. The molecule has 4 nitrogen and oxygen atoms in total. The van der Waals surface area contributed by atoms with Crippen molar-refractivity contribution in [3.8, 4) is 45.3 Å². The van der Waals surface area contributed by atoms with Crippen LogP contribution in [-0.4, -0.2) is 15.0 Å². The molecule has 0 amide bonds. The molecule has 1 unspecified atom stereocenters. The quantitative estimate of drug-likeness (QED) is 0.170. The average molecular weight is 745 g/mol. The maximum absolute atomic E-state index is 5.18. The molecule has 0 saturated heterocycles. The third-order valence-corrected chi connectivity index (χ3v) is 12.2. The Kier molecular flexibility index (Phi) is 7.94. The fraction of sp³-hybridized carbons (Fsp3) is 0.0926. The normalized spacial score (nSPS) is 15.9. The lowest BCUT2D eigenvalue weighted by molar-refractivity contribution is 0.780. The van der Waals surface area contributed by atoms with Gasteiger partial charge >= 0.3 is 0 Å². The van der Waals surface area contributed by atoms with Gasteiger partial charge in [-0.25, -0.2) is 15.0 Å². The number of hydrogen-bond donors (Lipinski definition) is 0. The minimum atomic E-state index is -0.524. The average Bonchev–Trinajstić information content (AvgIpc) is 3.75. The van der Waals surface area contributed by atoms with E-state index in [1.54, 1.807) is 0 Å². The zero-order valence-electron chi connectivity index (χ0n) is 32.5. The molecule has 1 aromatic heterocycles. The van der Waals surface area contributed by atoms with Crippen LogP contribution in [0.2, 0.25) is 0 Å². The Morgan fingerprint density at radius 3 is 1.60 bits per heavy atom.